The molecule has 0 radical (unpaired) electrons. The van der Waals surface area contributed by atoms with Crippen molar-refractivity contribution < 1.29 is 0 Å². The third kappa shape index (κ3) is 3.02. The quantitative estimate of drug-likeness (QED) is 0.642. The van der Waals surface area contributed by atoms with Crippen molar-refractivity contribution in [1.82, 2.24) is 14.9 Å². The van der Waals surface area contributed by atoms with Gasteiger partial charge in [-0.05, 0) is 37.5 Å². The molecule has 1 aliphatic heterocycles. The van der Waals surface area contributed by atoms with Crippen LogP contribution in [0.25, 0.3) is 0 Å². The maximum atomic E-state index is 6.13. The third-order valence-corrected chi connectivity index (χ3v) is 3.64. The number of nitrogens with zero attached hydrogens (tertiary/aromatic N) is 4. The zero-order valence-corrected chi connectivity index (χ0v) is 12.4. The topological polar surface area (TPSA) is 67.4 Å². The van der Waals surface area contributed by atoms with Crippen LogP contribution in [0.15, 0.2) is 35.3 Å². The van der Waals surface area contributed by atoms with E-state index in [1.54, 1.807) is 0 Å². The molecule has 5 nitrogen and oxygen atoms in total. The molecule has 5 heteroatoms. The summed E-state index contributed by atoms with van der Waals surface area (Å²) in [5.74, 6) is 0.915. The van der Waals surface area contributed by atoms with Crippen molar-refractivity contribution in [2.24, 2.45) is 10.7 Å². The van der Waals surface area contributed by atoms with Gasteiger partial charge in [0.1, 0.15) is 0 Å². The van der Waals surface area contributed by atoms with Gasteiger partial charge in [0.15, 0.2) is 5.96 Å². The molecule has 0 unspecified atom stereocenters. The molecular weight excluding hydrogens is 262 g/mol. The first-order chi connectivity index (χ1) is 10.1. The van der Waals surface area contributed by atoms with Crippen LogP contribution in [0.1, 0.15) is 22.5 Å². The van der Waals surface area contributed by atoms with E-state index in [1.165, 1.54) is 11.1 Å². The van der Waals surface area contributed by atoms with E-state index in [2.05, 4.69) is 44.1 Å². The Kier molecular flexibility index (Phi) is 3.56. The van der Waals surface area contributed by atoms with Gasteiger partial charge in [0, 0.05) is 24.5 Å². The Morgan fingerprint density at radius 3 is 2.52 bits per heavy atom. The molecule has 108 valence electrons. The lowest BCUT2D eigenvalue weighted by atomic mass is 10.0. The van der Waals surface area contributed by atoms with E-state index in [-0.39, 0.29) is 0 Å². The van der Waals surface area contributed by atoms with Gasteiger partial charge in [-0.1, -0.05) is 24.3 Å². The van der Waals surface area contributed by atoms with Crippen LogP contribution in [-0.2, 0) is 13.0 Å². The Morgan fingerprint density at radius 2 is 1.81 bits per heavy atom. The van der Waals surface area contributed by atoms with Crippen LogP contribution in [0.4, 0.5) is 5.95 Å². The SMILES string of the molecule is Cc1cc(C)nc(/N=C(\N)N2CCc3ccccc3C2)n1. The molecule has 3 rings (SSSR count). The third-order valence-electron chi connectivity index (χ3n) is 3.64. The summed E-state index contributed by atoms with van der Waals surface area (Å²) < 4.78 is 0. The Balaban J connectivity index is 1.82. The van der Waals surface area contributed by atoms with Gasteiger partial charge >= 0.3 is 0 Å². The number of aryl methyl sites for hydroxylation is 2. The zero-order chi connectivity index (χ0) is 14.8. The molecule has 2 aromatic rings. The van der Waals surface area contributed by atoms with E-state index < -0.39 is 0 Å². The molecule has 1 aliphatic rings. The number of nitrogens with two attached hydrogens (primary N) is 1. The molecule has 0 bridgehead atoms. The summed E-state index contributed by atoms with van der Waals surface area (Å²) in [5.41, 5.74) is 10.6. The highest BCUT2D eigenvalue weighted by molar-refractivity contribution is 5.80. The number of guanidine groups is 1. The Morgan fingerprint density at radius 1 is 1.14 bits per heavy atom. The minimum Gasteiger partial charge on any atom is -0.369 e. The largest absolute Gasteiger partial charge is 0.369 e. The molecule has 1 aromatic carbocycles. The molecule has 0 fully saturated rings. The molecule has 2 N–H and O–H groups in total. The molecule has 0 spiro atoms. The molecule has 0 atom stereocenters. The van der Waals surface area contributed by atoms with Crippen molar-refractivity contribution in [2.45, 2.75) is 26.8 Å². The molecule has 0 aliphatic carbocycles. The second-order valence-corrected chi connectivity index (χ2v) is 5.36. The minimum atomic E-state index is 0.434. The summed E-state index contributed by atoms with van der Waals surface area (Å²) in [6.07, 6.45) is 0.986. The normalized spacial score (nSPS) is 15.0. The standard InChI is InChI=1S/C16H19N5/c1-11-9-12(2)19-16(18-11)20-15(17)21-8-7-13-5-3-4-6-14(13)10-21/h3-6,9H,7-8,10H2,1-2H3,(H2,17,18,19,20). The maximum absolute atomic E-state index is 6.13. The van der Waals surface area contributed by atoms with Gasteiger partial charge in [-0.25, -0.2) is 9.97 Å². The van der Waals surface area contributed by atoms with Gasteiger partial charge in [-0.2, -0.15) is 4.99 Å². The van der Waals surface area contributed by atoms with Gasteiger partial charge in [0.25, 0.3) is 5.95 Å². The van der Waals surface area contributed by atoms with Crippen molar-refractivity contribution in [3.8, 4) is 0 Å². The summed E-state index contributed by atoms with van der Waals surface area (Å²) in [5, 5.41) is 0. The lowest BCUT2D eigenvalue weighted by molar-refractivity contribution is 0.389. The highest BCUT2D eigenvalue weighted by Gasteiger charge is 2.17. The lowest BCUT2D eigenvalue weighted by Gasteiger charge is -2.29. The molecule has 1 aromatic heterocycles. The predicted molar refractivity (Wildman–Crippen MR) is 83.3 cm³/mol. The van der Waals surface area contributed by atoms with Crippen LogP contribution in [0.2, 0.25) is 0 Å². The Hall–Kier alpha value is -2.43. The highest BCUT2D eigenvalue weighted by atomic mass is 15.3. The highest BCUT2D eigenvalue weighted by Crippen LogP contribution is 2.18. The van der Waals surface area contributed by atoms with Crippen LogP contribution in [-0.4, -0.2) is 27.4 Å². The van der Waals surface area contributed by atoms with E-state index in [1.807, 2.05) is 19.9 Å². The fraction of sp³-hybridized carbons (Fsp3) is 0.312. The van der Waals surface area contributed by atoms with E-state index in [0.29, 0.717) is 11.9 Å². The van der Waals surface area contributed by atoms with E-state index >= 15 is 0 Å². The van der Waals surface area contributed by atoms with E-state index in [9.17, 15) is 0 Å². The first kappa shape index (κ1) is 13.5. The zero-order valence-electron chi connectivity index (χ0n) is 12.4. The van der Waals surface area contributed by atoms with Gasteiger partial charge in [0.05, 0.1) is 0 Å². The fourth-order valence-corrected chi connectivity index (χ4v) is 2.62. The van der Waals surface area contributed by atoms with Crippen molar-refractivity contribution >= 4 is 11.9 Å². The van der Waals surface area contributed by atoms with Gasteiger partial charge in [-0.3, -0.25) is 0 Å². The maximum Gasteiger partial charge on any atom is 0.253 e. The first-order valence-corrected chi connectivity index (χ1v) is 7.10. The first-order valence-electron chi connectivity index (χ1n) is 7.10. The summed E-state index contributed by atoms with van der Waals surface area (Å²) in [4.78, 5) is 15.1. The molecule has 0 amide bonds. The van der Waals surface area contributed by atoms with Crippen molar-refractivity contribution in [3.05, 3.63) is 52.8 Å². The van der Waals surface area contributed by atoms with E-state index in [4.69, 9.17) is 5.73 Å². The second-order valence-electron chi connectivity index (χ2n) is 5.36. The van der Waals surface area contributed by atoms with E-state index in [0.717, 1.165) is 30.9 Å². The predicted octanol–water partition coefficient (Wildman–Crippen LogP) is 2.10. The average Bonchev–Trinajstić information content (AvgIpc) is 2.45. The molecular formula is C16H19N5. The molecule has 2 heterocycles. The average molecular weight is 281 g/mol. The van der Waals surface area contributed by atoms with Crippen LogP contribution in [0, 0.1) is 13.8 Å². The minimum absolute atomic E-state index is 0.434. The summed E-state index contributed by atoms with van der Waals surface area (Å²) >= 11 is 0. The van der Waals surface area contributed by atoms with Crippen molar-refractivity contribution in [2.75, 3.05) is 6.54 Å². The summed E-state index contributed by atoms with van der Waals surface area (Å²) in [6, 6.07) is 10.4. The van der Waals surface area contributed by atoms with Crippen LogP contribution >= 0.6 is 0 Å². The van der Waals surface area contributed by atoms with Crippen molar-refractivity contribution in [1.29, 1.82) is 0 Å². The Bertz CT molecular complexity index is 673. The number of rotatable bonds is 1. The Labute approximate surface area is 124 Å². The van der Waals surface area contributed by atoms with Crippen LogP contribution < -0.4 is 5.73 Å². The monoisotopic (exact) mass is 281 g/mol. The van der Waals surface area contributed by atoms with Crippen molar-refractivity contribution in [3.63, 3.8) is 0 Å². The summed E-state index contributed by atoms with van der Waals surface area (Å²) in [6.45, 7) is 5.52. The fourth-order valence-electron chi connectivity index (χ4n) is 2.62. The number of hydrogen-bond acceptors (Lipinski definition) is 3. The summed E-state index contributed by atoms with van der Waals surface area (Å²) in [7, 11) is 0. The number of hydrogen-bond donors (Lipinski definition) is 1. The molecule has 0 saturated heterocycles. The number of aliphatic imine (C=N–C) groups is 1. The molecule has 0 saturated carbocycles. The van der Waals surface area contributed by atoms with Crippen LogP contribution in [0.3, 0.4) is 0 Å². The lowest BCUT2D eigenvalue weighted by Crippen LogP contribution is -2.40. The number of benzene rings is 1. The molecule has 21 heavy (non-hydrogen) atoms. The van der Waals surface area contributed by atoms with Gasteiger partial charge in [-0.15, -0.1) is 0 Å². The number of fused-ring (bicyclic) bond motifs is 1. The smallest absolute Gasteiger partial charge is 0.253 e. The second kappa shape index (κ2) is 5.52. The number of aromatic nitrogens is 2. The van der Waals surface area contributed by atoms with Gasteiger partial charge in [0.2, 0.25) is 0 Å². The van der Waals surface area contributed by atoms with Gasteiger partial charge < -0.3 is 10.6 Å². The van der Waals surface area contributed by atoms with Crippen LogP contribution in [0.5, 0.6) is 0 Å².